The van der Waals surface area contributed by atoms with Gasteiger partial charge in [-0.05, 0) is 55.4 Å². The van der Waals surface area contributed by atoms with Crippen LogP contribution < -0.4 is 15.4 Å². The number of alkyl halides is 3. The van der Waals surface area contributed by atoms with Crippen LogP contribution in [-0.4, -0.2) is 41.5 Å². The minimum atomic E-state index is -4.98. The van der Waals surface area contributed by atoms with E-state index in [9.17, 15) is 22.4 Å². The summed E-state index contributed by atoms with van der Waals surface area (Å²) in [7, 11) is 0. The average Bonchev–Trinajstić information content (AvgIpc) is 2.83. The first-order valence-electron chi connectivity index (χ1n) is 11.8. The summed E-state index contributed by atoms with van der Waals surface area (Å²) < 4.78 is 60.5. The van der Waals surface area contributed by atoms with E-state index in [4.69, 9.17) is 4.74 Å². The highest BCUT2D eigenvalue weighted by Crippen LogP contribution is 2.30. The van der Waals surface area contributed by atoms with E-state index in [1.54, 1.807) is 13.1 Å². The Bertz CT molecular complexity index is 1040. The van der Waals surface area contributed by atoms with Crippen molar-refractivity contribution in [3.63, 3.8) is 0 Å². The van der Waals surface area contributed by atoms with Crippen molar-refractivity contribution in [2.75, 3.05) is 18.5 Å². The first-order valence-corrected chi connectivity index (χ1v) is 11.8. The molecule has 2 aliphatic rings. The molecule has 0 radical (unpaired) electrons. The van der Waals surface area contributed by atoms with Crippen molar-refractivity contribution in [2.45, 2.75) is 63.9 Å². The van der Waals surface area contributed by atoms with Gasteiger partial charge in [0.15, 0.2) is 11.6 Å². The number of halogens is 4. The van der Waals surface area contributed by atoms with E-state index in [0.29, 0.717) is 50.4 Å². The second-order valence-corrected chi connectivity index (χ2v) is 8.84. The molecule has 1 fully saturated rings. The van der Waals surface area contributed by atoms with E-state index >= 15 is 0 Å². The van der Waals surface area contributed by atoms with E-state index < -0.39 is 24.0 Å². The number of ether oxygens (including phenoxy) is 2. The minimum absolute atomic E-state index is 0.198. The van der Waals surface area contributed by atoms with Crippen molar-refractivity contribution in [3.8, 4) is 5.75 Å². The molecule has 35 heavy (non-hydrogen) atoms. The summed E-state index contributed by atoms with van der Waals surface area (Å²) in [4.78, 5) is 22.1. The Hall–Kier alpha value is -2.95. The van der Waals surface area contributed by atoms with E-state index in [1.165, 1.54) is 6.07 Å². The first kappa shape index (κ1) is 25.2. The molecule has 2 heterocycles. The Labute approximate surface area is 200 Å². The quantitative estimate of drug-likeness (QED) is 0.550. The third-order valence-corrected chi connectivity index (χ3v) is 6.39. The molecule has 11 heteroatoms. The predicted octanol–water partition coefficient (Wildman–Crippen LogP) is 4.48. The van der Waals surface area contributed by atoms with Gasteiger partial charge in [-0.15, -0.1) is 13.2 Å². The molecule has 0 saturated carbocycles. The van der Waals surface area contributed by atoms with Crippen LogP contribution in [0, 0.1) is 11.7 Å². The van der Waals surface area contributed by atoms with Gasteiger partial charge in [0.1, 0.15) is 0 Å². The smallest absolute Gasteiger partial charge is 0.403 e. The summed E-state index contributed by atoms with van der Waals surface area (Å²) in [5.74, 6) is -2.02. The SMILES string of the molecule is CC[C@@H](NC(=O)[C@@H]1CCc2cnc(NC3CCOCC3)nc2C1)c1ccc(OC(F)(F)F)c(F)c1. The van der Waals surface area contributed by atoms with Gasteiger partial charge in [-0.2, -0.15) is 0 Å². The second kappa shape index (κ2) is 10.8. The third-order valence-electron chi connectivity index (χ3n) is 6.39. The molecule has 2 N–H and O–H groups in total. The first-order chi connectivity index (χ1) is 16.7. The van der Waals surface area contributed by atoms with Crippen molar-refractivity contribution < 1.29 is 31.8 Å². The monoisotopic (exact) mass is 496 g/mol. The Morgan fingerprint density at radius 1 is 1.26 bits per heavy atom. The summed E-state index contributed by atoms with van der Waals surface area (Å²) in [5.41, 5.74) is 2.21. The molecule has 0 unspecified atom stereocenters. The highest BCUT2D eigenvalue weighted by molar-refractivity contribution is 5.79. The fourth-order valence-corrected chi connectivity index (χ4v) is 4.46. The summed E-state index contributed by atoms with van der Waals surface area (Å²) >= 11 is 0. The van der Waals surface area contributed by atoms with Crippen LogP contribution in [0.1, 0.15) is 55.5 Å². The lowest BCUT2D eigenvalue weighted by molar-refractivity contribution is -0.275. The number of fused-ring (bicyclic) bond motifs is 1. The summed E-state index contributed by atoms with van der Waals surface area (Å²) in [6, 6.07) is 2.93. The highest BCUT2D eigenvalue weighted by Gasteiger charge is 2.33. The molecular weight excluding hydrogens is 468 g/mol. The Kier molecular flexibility index (Phi) is 7.73. The summed E-state index contributed by atoms with van der Waals surface area (Å²) in [6.07, 6.45) is 0.770. The van der Waals surface area contributed by atoms with E-state index in [-0.39, 0.29) is 17.9 Å². The van der Waals surface area contributed by atoms with Crippen molar-refractivity contribution >= 4 is 11.9 Å². The van der Waals surface area contributed by atoms with Gasteiger partial charge < -0.3 is 20.1 Å². The van der Waals surface area contributed by atoms with Crippen LogP contribution >= 0.6 is 0 Å². The summed E-state index contributed by atoms with van der Waals surface area (Å²) in [6.45, 7) is 3.21. The van der Waals surface area contributed by atoms with Gasteiger partial charge in [-0.25, -0.2) is 14.4 Å². The van der Waals surface area contributed by atoms with Gasteiger partial charge in [-0.3, -0.25) is 4.79 Å². The van der Waals surface area contributed by atoms with E-state index in [1.807, 2.05) is 0 Å². The molecule has 0 spiro atoms. The number of carbonyl (C=O) groups is 1. The zero-order chi connectivity index (χ0) is 25.0. The van der Waals surface area contributed by atoms with Gasteiger partial charge in [0.25, 0.3) is 0 Å². The molecule has 7 nitrogen and oxygen atoms in total. The number of rotatable bonds is 7. The number of benzene rings is 1. The molecule has 1 aliphatic heterocycles. The molecule has 2 atom stereocenters. The number of aromatic nitrogens is 2. The zero-order valence-corrected chi connectivity index (χ0v) is 19.3. The minimum Gasteiger partial charge on any atom is -0.403 e. The Morgan fingerprint density at radius 3 is 2.71 bits per heavy atom. The fourth-order valence-electron chi connectivity index (χ4n) is 4.46. The Balaban J connectivity index is 1.40. The standard InChI is InChI=1S/C24H28F4N4O3/c1-2-19(14-5-6-21(18(25)11-14)35-24(26,27)28)31-22(33)15-3-4-16-13-29-23(32-20(16)12-15)30-17-7-9-34-10-8-17/h5-6,11,13,15,17,19H,2-4,7-10,12H2,1H3,(H,31,33)(H,29,30,32)/t15-,19-/m1/s1. The number of amides is 1. The molecule has 1 aromatic heterocycles. The third kappa shape index (κ3) is 6.59. The Morgan fingerprint density at radius 2 is 2.03 bits per heavy atom. The van der Waals surface area contributed by atoms with Gasteiger partial charge in [-0.1, -0.05) is 13.0 Å². The lowest BCUT2D eigenvalue weighted by atomic mass is 9.86. The van der Waals surface area contributed by atoms with Crippen LogP contribution in [0.15, 0.2) is 24.4 Å². The number of nitrogens with one attached hydrogen (secondary N) is 2. The van der Waals surface area contributed by atoms with Crippen molar-refractivity contribution in [2.24, 2.45) is 5.92 Å². The number of anilines is 1. The number of carbonyl (C=O) groups excluding carboxylic acids is 1. The molecule has 4 rings (SSSR count). The maximum absolute atomic E-state index is 14.2. The van der Waals surface area contributed by atoms with Gasteiger partial charge >= 0.3 is 6.36 Å². The second-order valence-electron chi connectivity index (χ2n) is 8.84. The van der Waals surface area contributed by atoms with Crippen molar-refractivity contribution in [1.82, 2.24) is 15.3 Å². The topological polar surface area (TPSA) is 85.4 Å². The van der Waals surface area contributed by atoms with Crippen LogP contribution in [0.3, 0.4) is 0 Å². The molecule has 1 aliphatic carbocycles. The fraction of sp³-hybridized carbons (Fsp3) is 0.542. The number of hydrogen-bond donors (Lipinski definition) is 2. The molecular formula is C24H28F4N4O3. The van der Waals surface area contributed by atoms with Crippen LogP contribution in [-0.2, 0) is 22.4 Å². The average molecular weight is 497 g/mol. The van der Waals surface area contributed by atoms with E-state index in [2.05, 4.69) is 25.3 Å². The largest absolute Gasteiger partial charge is 0.573 e. The van der Waals surface area contributed by atoms with E-state index in [0.717, 1.165) is 36.2 Å². The number of hydrogen-bond acceptors (Lipinski definition) is 6. The maximum atomic E-state index is 14.2. The highest BCUT2D eigenvalue weighted by atomic mass is 19.4. The number of aryl methyl sites for hydroxylation is 1. The van der Waals surface area contributed by atoms with Gasteiger partial charge in [0.05, 0.1) is 6.04 Å². The van der Waals surface area contributed by atoms with Crippen LogP contribution in [0.5, 0.6) is 5.75 Å². The normalized spacial score (nSPS) is 19.5. The molecule has 1 saturated heterocycles. The molecule has 1 amide bonds. The lowest BCUT2D eigenvalue weighted by Gasteiger charge is -2.27. The van der Waals surface area contributed by atoms with Crippen molar-refractivity contribution in [3.05, 3.63) is 47.0 Å². The lowest BCUT2D eigenvalue weighted by Crippen LogP contribution is -2.37. The van der Waals surface area contributed by atoms with Gasteiger partial charge in [0, 0.05) is 43.5 Å². The van der Waals surface area contributed by atoms with Crippen LogP contribution in [0.2, 0.25) is 0 Å². The molecule has 2 aromatic rings. The van der Waals surface area contributed by atoms with Crippen molar-refractivity contribution in [1.29, 1.82) is 0 Å². The maximum Gasteiger partial charge on any atom is 0.573 e. The number of nitrogens with zero attached hydrogens (tertiary/aromatic N) is 2. The van der Waals surface area contributed by atoms with Crippen LogP contribution in [0.4, 0.5) is 23.5 Å². The van der Waals surface area contributed by atoms with Crippen LogP contribution in [0.25, 0.3) is 0 Å². The zero-order valence-electron chi connectivity index (χ0n) is 19.3. The predicted molar refractivity (Wildman–Crippen MR) is 119 cm³/mol. The van der Waals surface area contributed by atoms with Gasteiger partial charge in [0.2, 0.25) is 11.9 Å². The molecule has 1 aromatic carbocycles. The molecule has 0 bridgehead atoms. The summed E-state index contributed by atoms with van der Waals surface area (Å²) in [5, 5.41) is 6.26. The molecule has 190 valence electrons.